The van der Waals surface area contributed by atoms with Gasteiger partial charge in [-0.2, -0.15) is 0 Å². The van der Waals surface area contributed by atoms with E-state index in [1.807, 2.05) is 4.90 Å². The van der Waals surface area contributed by atoms with Crippen molar-refractivity contribution < 1.29 is 5.11 Å². The van der Waals surface area contributed by atoms with Gasteiger partial charge in [0, 0.05) is 26.2 Å². The highest BCUT2D eigenvalue weighted by Gasteiger charge is 2.18. The summed E-state index contributed by atoms with van der Waals surface area (Å²) in [6, 6.07) is 0. The van der Waals surface area contributed by atoms with Gasteiger partial charge >= 0.3 is 0 Å². The maximum absolute atomic E-state index is 11.5. The number of unbranched alkanes of at least 4 members (excludes halogenated alkanes) is 1. The Morgan fingerprint density at radius 1 is 1.42 bits per heavy atom. The second-order valence-electron chi connectivity index (χ2n) is 3.38. The highest BCUT2D eigenvalue weighted by atomic mass is 16.3. The quantitative estimate of drug-likeness (QED) is 0.680. The van der Waals surface area contributed by atoms with Crippen LogP contribution in [0.5, 0.6) is 0 Å². The zero-order chi connectivity index (χ0) is 8.81. The lowest BCUT2D eigenvalue weighted by Crippen LogP contribution is -2.47. The Balaban J connectivity index is 2.15. The van der Waals surface area contributed by atoms with Crippen molar-refractivity contribution in [1.29, 1.82) is 0 Å². The Morgan fingerprint density at radius 2 is 2.08 bits per heavy atom. The molecule has 1 fully saturated rings. The minimum Gasteiger partial charge on any atom is -0.314 e. The van der Waals surface area contributed by atoms with E-state index < -0.39 is 6.23 Å². The molecule has 0 aromatic heterocycles. The summed E-state index contributed by atoms with van der Waals surface area (Å²) in [5.41, 5.74) is 0. The van der Waals surface area contributed by atoms with E-state index in [2.05, 4.69) is 12.2 Å². The van der Waals surface area contributed by atoms with E-state index in [1.165, 1.54) is 0 Å². The van der Waals surface area contributed by atoms with Crippen molar-refractivity contribution in [3.8, 4) is 0 Å². The van der Waals surface area contributed by atoms with Gasteiger partial charge in [-0.25, -0.2) is 5.11 Å². The average molecular weight is 171 g/mol. The summed E-state index contributed by atoms with van der Waals surface area (Å²) in [6.07, 6.45) is 2.56. The third-order valence-corrected chi connectivity index (χ3v) is 2.36. The molecule has 0 aliphatic carbocycles. The largest absolute Gasteiger partial charge is 0.314 e. The maximum Gasteiger partial charge on any atom is 0.146 e. The first kappa shape index (κ1) is 9.96. The second kappa shape index (κ2) is 5.51. The van der Waals surface area contributed by atoms with Crippen molar-refractivity contribution in [2.75, 3.05) is 26.2 Å². The molecular weight excluding hydrogens is 152 g/mol. The van der Waals surface area contributed by atoms with Crippen LogP contribution in [0.15, 0.2) is 0 Å². The smallest absolute Gasteiger partial charge is 0.146 e. The molecule has 1 N–H and O–H groups in total. The van der Waals surface area contributed by atoms with Gasteiger partial charge in [-0.05, 0) is 12.8 Å². The van der Waals surface area contributed by atoms with Gasteiger partial charge in [0.1, 0.15) is 6.23 Å². The lowest BCUT2D eigenvalue weighted by Gasteiger charge is -2.30. The molecule has 1 atom stereocenters. The van der Waals surface area contributed by atoms with E-state index >= 15 is 0 Å². The Labute approximate surface area is 74.8 Å². The topological polar surface area (TPSA) is 35.2 Å². The molecule has 1 aliphatic rings. The summed E-state index contributed by atoms with van der Waals surface area (Å²) in [5, 5.41) is 14.8. The lowest BCUT2D eigenvalue weighted by atomic mass is 10.2. The molecule has 1 radical (unpaired) electrons. The van der Waals surface area contributed by atoms with Crippen LogP contribution < -0.4 is 5.32 Å². The fourth-order valence-corrected chi connectivity index (χ4v) is 1.53. The molecule has 1 aliphatic heterocycles. The van der Waals surface area contributed by atoms with Crippen LogP contribution in [0.25, 0.3) is 0 Å². The van der Waals surface area contributed by atoms with Gasteiger partial charge in [0.2, 0.25) is 0 Å². The zero-order valence-corrected chi connectivity index (χ0v) is 7.88. The summed E-state index contributed by atoms with van der Waals surface area (Å²) < 4.78 is 0. The van der Waals surface area contributed by atoms with Crippen molar-refractivity contribution in [3.63, 3.8) is 0 Å². The molecule has 0 aromatic carbocycles. The van der Waals surface area contributed by atoms with E-state index in [4.69, 9.17) is 0 Å². The molecule has 3 nitrogen and oxygen atoms in total. The second-order valence-corrected chi connectivity index (χ2v) is 3.38. The SMILES string of the molecule is CCCCC([O])N1CCNCC1. The predicted molar refractivity (Wildman–Crippen MR) is 48.4 cm³/mol. The molecule has 1 rings (SSSR count). The molecule has 71 valence electrons. The number of rotatable bonds is 4. The highest BCUT2D eigenvalue weighted by Crippen LogP contribution is 2.07. The van der Waals surface area contributed by atoms with E-state index in [1.54, 1.807) is 0 Å². The van der Waals surface area contributed by atoms with Gasteiger partial charge in [0.15, 0.2) is 0 Å². The Morgan fingerprint density at radius 3 is 2.67 bits per heavy atom. The van der Waals surface area contributed by atoms with Gasteiger partial charge in [-0.15, -0.1) is 0 Å². The molecule has 0 bridgehead atoms. The molecule has 1 unspecified atom stereocenters. The highest BCUT2D eigenvalue weighted by molar-refractivity contribution is 4.69. The van der Waals surface area contributed by atoms with Crippen molar-refractivity contribution in [2.45, 2.75) is 32.4 Å². The van der Waals surface area contributed by atoms with Crippen LogP contribution in [0.1, 0.15) is 26.2 Å². The monoisotopic (exact) mass is 171 g/mol. The van der Waals surface area contributed by atoms with Crippen LogP contribution in [-0.2, 0) is 5.11 Å². The molecule has 12 heavy (non-hydrogen) atoms. The van der Waals surface area contributed by atoms with E-state index in [9.17, 15) is 5.11 Å². The number of hydrogen-bond acceptors (Lipinski definition) is 2. The average Bonchev–Trinajstić information content (AvgIpc) is 2.15. The Kier molecular flexibility index (Phi) is 4.58. The number of hydrogen-bond donors (Lipinski definition) is 1. The van der Waals surface area contributed by atoms with Gasteiger partial charge in [-0.3, -0.25) is 4.90 Å². The summed E-state index contributed by atoms with van der Waals surface area (Å²) >= 11 is 0. The molecule has 0 amide bonds. The fourth-order valence-electron chi connectivity index (χ4n) is 1.53. The van der Waals surface area contributed by atoms with Crippen LogP contribution >= 0.6 is 0 Å². The van der Waals surface area contributed by atoms with Crippen LogP contribution in [-0.4, -0.2) is 37.3 Å². The van der Waals surface area contributed by atoms with Crippen LogP contribution in [0.3, 0.4) is 0 Å². The first-order valence-electron chi connectivity index (χ1n) is 4.95. The van der Waals surface area contributed by atoms with Gasteiger partial charge in [0.25, 0.3) is 0 Å². The van der Waals surface area contributed by atoms with E-state index in [0.29, 0.717) is 0 Å². The predicted octanol–water partition coefficient (Wildman–Crippen LogP) is 0.838. The minimum atomic E-state index is -0.452. The van der Waals surface area contributed by atoms with Gasteiger partial charge in [0.05, 0.1) is 0 Å². The molecule has 0 aromatic rings. The minimum absolute atomic E-state index is 0.452. The summed E-state index contributed by atoms with van der Waals surface area (Å²) in [7, 11) is 0. The van der Waals surface area contributed by atoms with Crippen LogP contribution in [0, 0.1) is 0 Å². The fraction of sp³-hybridized carbons (Fsp3) is 1.00. The van der Waals surface area contributed by atoms with Crippen molar-refractivity contribution in [3.05, 3.63) is 0 Å². The van der Waals surface area contributed by atoms with Crippen LogP contribution in [0.4, 0.5) is 0 Å². The van der Waals surface area contributed by atoms with Crippen LogP contribution in [0.2, 0.25) is 0 Å². The molecule has 1 saturated heterocycles. The third-order valence-electron chi connectivity index (χ3n) is 2.36. The number of piperazine rings is 1. The Bertz CT molecular complexity index is 113. The summed E-state index contributed by atoms with van der Waals surface area (Å²) in [6.45, 7) is 5.94. The lowest BCUT2D eigenvalue weighted by molar-refractivity contribution is -0.0595. The van der Waals surface area contributed by atoms with E-state index in [0.717, 1.165) is 45.4 Å². The van der Waals surface area contributed by atoms with Gasteiger partial charge in [-0.1, -0.05) is 13.3 Å². The molecule has 3 heteroatoms. The maximum atomic E-state index is 11.5. The zero-order valence-electron chi connectivity index (χ0n) is 7.88. The van der Waals surface area contributed by atoms with Crippen molar-refractivity contribution in [2.24, 2.45) is 0 Å². The normalized spacial score (nSPS) is 22.5. The first-order chi connectivity index (χ1) is 5.84. The standard InChI is InChI=1S/C9H19N2O/c1-2-3-4-9(12)11-7-5-10-6-8-11/h9-10H,2-8H2,1H3. The molecule has 0 spiro atoms. The van der Waals surface area contributed by atoms with Crippen molar-refractivity contribution >= 4 is 0 Å². The number of nitrogens with one attached hydrogen (secondary N) is 1. The van der Waals surface area contributed by atoms with Gasteiger partial charge < -0.3 is 5.32 Å². The van der Waals surface area contributed by atoms with E-state index in [-0.39, 0.29) is 0 Å². The summed E-state index contributed by atoms with van der Waals surface area (Å²) in [4.78, 5) is 2.05. The molecule has 0 saturated carbocycles. The third kappa shape index (κ3) is 3.09. The Hall–Kier alpha value is -0.120. The molecular formula is C9H19N2O. The van der Waals surface area contributed by atoms with Crippen molar-refractivity contribution in [1.82, 2.24) is 10.2 Å². The first-order valence-corrected chi connectivity index (χ1v) is 4.95. The summed E-state index contributed by atoms with van der Waals surface area (Å²) in [5.74, 6) is 0. The molecule has 1 heterocycles. The number of nitrogens with zero attached hydrogens (tertiary/aromatic N) is 1.